The molecule has 0 amide bonds. The molecule has 1 aromatic carbocycles. The molecule has 0 bridgehead atoms. The summed E-state index contributed by atoms with van der Waals surface area (Å²) in [4.78, 5) is 2.50. The van der Waals surface area contributed by atoms with Crippen LogP contribution in [0.3, 0.4) is 0 Å². The van der Waals surface area contributed by atoms with E-state index < -0.39 is 0 Å². The van der Waals surface area contributed by atoms with Crippen molar-refractivity contribution >= 4 is 11.3 Å². The molecule has 0 unspecified atom stereocenters. The monoisotopic (exact) mass is 356 g/mol. The van der Waals surface area contributed by atoms with E-state index in [1.807, 2.05) is 0 Å². The standard InChI is InChI=1S/C23H36N2O/c1-22(2)11-9-18(10-12-22)20-17-19(7-8-21(20)24)23(3,4)26-16-15-25-13-5-6-14-25/h7-9,17H,5-6,10-16,24H2,1-4H3. The van der Waals surface area contributed by atoms with E-state index in [4.69, 9.17) is 10.5 Å². The van der Waals surface area contributed by atoms with Crippen molar-refractivity contribution in [1.82, 2.24) is 4.90 Å². The van der Waals surface area contributed by atoms with E-state index in [0.29, 0.717) is 5.41 Å². The first-order valence-corrected chi connectivity index (χ1v) is 10.2. The van der Waals surface area contributed by atoms with Crippen molar-refractivity contribution in [2.24, 2.45) is 5.41 Å². The molecule has 0 saturated carbocycles. The molecule has 2 aliphatic rings. The highest BCUT2D eigenvalue weighted by molar-refractivity contribution is 5.76. The fourth-order valence-corrected chi connectivity index (χ4v) is 4.05. The summed E-state index contributed by atoms with van der Waals surface area (Å²) in [5.74, 6) is 0. The Bertz CT molecular complexity index is 654. The number of likely N-dealkylation sites (tertiary alicyclic amines) is 1. The molecular weight excluding hydrogens is 320 g/mol. The van der Waals surface area contributed by atoms with Crippen LogP contribution in [0.15, 0.2) is 24.3 Å². The first-order chi connectivity index (χ1) is 12.3. The minimum Gasteiger partial charge on any atom is -0.398 e. The van der Waals surface area contributed by atoms with Crippen molar-refractivity contribution in [2.75, 3.05) is 32.0 Å². The van der Waals surface area contributed by atoms with Crippen LogP contribution in [0.5, 0.6) is 0 Å². The molecular formula is C23H36N2O. The molecule has 3 heteroatoms. The Hall–Kier alpha value is -1.32. The summed E-state index contributed by atoms with van der Waals surface area (Å²) >= 11 is 0. The SMILES string of the molecule is CC1(C)CC=C(c2cc(C(C)(C)OCCN3CCCC3)ccc2N)CC1. The molecule has 1 aliphatic heterocycles. The average molecular weight is 357 g/mol. The molecule has 1 fully saturated rings. The number of benzene rings is 1. The molecule has 1 saturated heterocycles. The Labute approximate surface area is 159 Å². The molecule has 2 N–H and O–H groups in total. The van der Waals surface area contributed by atoms with Gasteiger partial charge >= 0.3 is 0 Å². The first-order valence-electron chi connectivity index (χ1n) is 10.2. The van der Waals surface area contributed by atoms with E-state index >= 15 is 0 Å². The van der Waals surface area contributed by atoms with Crippen LogP contribution in [0.4, 0.5) is 5.69 Å². The van der Waals surface area contributed by atoms with Gasteiger partial charge in [-0.3, -0.25) is 0 Å². The van der Waals surface area contributed by atoms with Gasteiger partial charge in [-0.1, -0.05) is 26.0 Å². The van der Waals surface area contributed by atoms with Crippen molar-refractivity contribution in [3.05, 3.63) is 35.4 Å². The third-order valence-corrected chi connectivity index (χ3v) is 6.14. The molecule has 0 aromatic heterocycles. The van der Waals surface area contributed by atoms with Crippen LogP contribution in [0.25, 0.3) is 5.57 Å². The quantitative estimate of drug-likeness (QED) is 0.711. The maximum atomic E-state index is 6.33. The highest BCUT2D eigenvalue weighted by Gasteiger charge is 2.26. The van der Waals surface area contributed by atoms with Gasteiger partial charge in [0.15, 0.2) is 0 Å². The van der Waals surface area contributed by atoms with Crippen LogP contribution < -0.4 is 5.73 Å². The van der Waals surface area contributed by atoms with E-state index in [9.17, 15) is 0 Å². The van der Waals surface area contributed by atoms with Gasteiger partial charge in [-0.05, 0) is 87.7 Å². The Kier molecular flexibility index (Phi) is 5.78. The number of hydrogen-bond donors (Lipinski definition) is 1. The fourth-order valence-electron chi connectivity index (χ4n) is 4.05. The molecule has 26 heavy (non-hydrogen) atoms. The molecule has 1 aromatic rings. The van der Waals surface area contributed by atoms with Crippen molar-refractivity contribution < 1.29 is 4.74 Å². The predicted octanol–water partition coefficient (Wildman–Crippen LogP) is 5.21. The molecule has 0 radical (unpaired) electrons. The molecule has 0 spiro atoms. The number of hydrogen-bond acceptors (Lipinski definition) is 3. The maximum Gasteiger partial charge on any atom is 0.0876 e. The number of rotatable bonds is 6. The van der Waals surface area contributed by atoms with Crippen molar-refractivity contribution in [1.29, 1.82) is 0 Å². The van der Waals surface area contributed by atoms with Crippen LogP contribution in [0.1, 0.15) is 70.9 Å². The third-order valence-electron chi connectivity index (χ3n) is 6.14. The molecule has 1 aliphatic carbocycles. The minimum absolute atomic E-state index is 0.295. The zero-order valence-electron chi connectivity index (χ0n) is 17.1. The van der Waals surface area contributed by atoms with E-state index in [1.54, 1.807) is 0 Å². The highest BCUT2D eigenvalue weighted by Crippen LogP contribution is 2.40. The smallest absolute Gasteiger partial charge is 0.0876 e. The van der Waals surface area contributed by atoms with E-state index in [0.717, 1.165) is 31.7 Å². The zero-order valence-corrected chi connectivity index (χ0v) is 17.1. The first kappa shape index (κ1) is 19.4. The Balaban J connectivity index is 1.70. The van der Waals surface area contributed by atoms with Crippen LogP contribution in [-0.2, 0) is 10.3 Å². The van der Waals surface area contributed by atoms with Gasteiger partial charge in [0.05, 0.1) is 12.2 Å². The summed E-state index contributed by atoms with van der Waals surface area (Å²) in [6.07, 6.45) is 8.50. The van der Waals surface area contributed by atoms with Crippen molar-refractivity contribution in [2.45, 2.75) is 65.4 Å². The second-order valence-corrected chi connectivity index (χ2v) is 9.31. The zero-order chi connectivity index (χ0) is 18.8. The van der Waals surface area contributed by atoms with Gasteiger partial charge < -0.3 is 15.4 Å². The molecule has 1 heterocycles. The lowest BCUT2D eigenvalue weighted by molar-refractivity contribution is -0.0288. The minimum atomic E-state index is -0.295. The predicted molar refractivity (Wildman–Crippen MR) is 111 cm³/mol. The Morgan fingerprint density at radius 1 is 1.19 bits per heavy atom. The number of nitrogens with zero attached hydrogens (tertiary/aromatic N) is 1. The molecule has 3 nitrogen and oxygen atoms in total. The van der Waals surface area contributed by atoms with Crippen LogP contribution in [0, 0.1) is 5.41 Å². The van der Waals surface area contributed by atoms with Gasteiger partial charge in [0.1, 0.15) is 0 Å². The van der Waals surface area contributed by atoms with E-state index in [1.165, 1.54) is 49.1 Å². The normalized spacial score (nSPS) is 21.0. The van der Waals surface area contributed by atoms with Gasteiger partial charge in [0, 0.05) is 17.8 Å². The molecule has 144 valence electrons. The highest BCUT2D eigenvalue weighted by atomic mass is 16.5. The summed E-state index contributed by atoms with van der Waals surface area (Å²) < 4.78 is 6.29. The number of anilines is 1. The number of nitrogen functional groups attached to an aromatic ring is 1. The summed E-state index contributed by atoms with van der Waals surface area (Å²) in [6, 6.07) is 6.44. The Morgan fingerprint density at radius 3 is 2.58 bits per heavy atom. The van der Waals surface area contributed by atoms with Gasteiger partial charge in [-0.25, -0.2) is 0 Å². The Morgan fingerprint density at radius 2 is 1.92 bits per heavy atom. The van der Waals surface area contributed by atoms with E-state index in [-0.39, 0.29) is 5.60 Å². The van der Waals surface area contributed by atoms with Crippen LogP contribution in [0.2, 0.25) is 0 Å². The molecule has 3 rings (SSSR count). The number of nitrogens with two attached hydrogens (primary N) is 1. The van der Waals surface area contributed by atoms with E-state index in [2.05, 4.69) is 56.9 Å². The third kappa shape index (κ3) is 4.69. The van der Waals surface area contributed by atoms with Crippen LogP contribution >= 0.6 is 0 Å². The summed E-state index contributed by atoms with van der Waals surface area (Å²) in [5, 5.41) is 0. The lowest BCUT2D eigenvalue weighted by Gasteiger charge is -2.31. The summed E-state index contributed by atoms with van der Waals surface area (Å²) in [5.41, 5.74) is 11.1. The molecule has 0 atom stereocenters. The fraction of sp³-hybridized carbons (Fsp3) is 0.652. The second kappa shape index (κ2) is 7.74. The lowest BCUT2D eigenvalue weighted by atomic mass is 9.76. The largest absolute Gasteiger partial charge is 0.398 e. The topological polar surface area (TPSA) is 38.5 Å². The number of ether oxygens (including phenoxy) is 1. The van der Waals surface area contributed by atoms with Gasteiger partial charge in [0.25, 0.3) is 0 Å². The van der Waals surface area contributed by atoms with Crippen LogP contribution in [-0.4, -0.2) is 31.1 Å². The van der Waals surface area contributed by atoms with Gasteiger partial charge in [-0.15, -0.1) is 0 Å². The van der Waals surface area contributed by atoms with Crippen molar-refractivity contribution in [3.8, 4) is 0 Å². The maximum absolute atomic E-state index is 6.33. The number of allylic oxidation sites excluding steroid dienone is 2. The summed E-state index contributed by atoms with van der Waals surface area (Å²) in [6.45, 7) is 13.3. The van der Waals surface area contributed by atoms with Gasteiger partial charge in [-0.2, -0.15) is 0 Å². The van der Waals surface area contributed by atoms with Gasteiger partial charge in [0.2, 0.25) is 0 Å². The summed E-state index contributed by atoms with van der Waals surface area (Å²) in [7, 11) is 0. The second-order valence-electron chi connectivity index (χ2n) is 9.31. The lowest BCUT2D eigenvalue weighted by Crippen LogP contribution is -2.29. The average Bonchev–Trinajstić information content (AvgIpc) is 3.09. The van der Waals surface area contributed by atoms with Crippen molar-refractivity contribution in [3.63, 3.8) is 0 Å².